The van der Waals surface area contributed by atoms with Crippen LogP contribution in [0.4, 0.5) is 5.69 Å². The average molecular weight is 280 g/mol. The molecule has 0 aliphatic heterocycles. The highest BCUT2D eigenvalue weighted by Crippen LogP contribution is 2.11. The second-order valence-electron chi connectivity index (χ2n) is 4.39. The summed E-state index contributed by atoms with van der Waals surface area (Å²) in [7, 11) is 1.55. The number of aromatic nitrogens is 1. The third-order valence-electron chi connectivity index (χ3n) is 2.66. The van der Waals surface area contributed by atoms with Gasteiger partial charge in [0.05, 0.1) is 12.2 Å². The molecule has 1 atom stereocenters. The van der Waals surface area contributed by atoms with E-state index in [4.69, 9.17) is 10.5 Å². The van der Waals surface area contributed by atoms with Gasteiger partial charge in [-0.1, -0.05) is 0 Å². The van der Waals surface area contributed by atoms with E-state index in [2.05, 4.69) is 15.6 Å². The van der Waals surface area contributed by atoms with Crippen LogP contribution in [0.15, 0.2) is 12.3 Å². The van der Waals surface area contributed by atoms with Crippen LogP contribution in [0.25, 0.3) is 0 Å². The molecule has 1 rings (SSSR count). The van der Waals surface area contributed by atoms with Gasteiger partial charge >= 0.3 is 0 Å². The van der Waals surface area contributed by atoms with Crippen LogP contribution in [-0.4, -0.2) is 43.1 Å². The van der Waals surface area contributed by atoms with Crippen LogP contribution in [0.5, 0.6) is 0 Å². The first-order valence-corrected chi connectivity index (χ1v) is 6.25. The number of hydrogen-bond acceptors (Lipinski definition) is 5. The lowest BCUT2D eigenvalue weighted by Gasteiger charge is -2.14. The van der Waals surface area contributed by atoms with Crippen molar-refractivity contribution in [3.63, 3.8) is 0 Å². The van der Waals surface area contributed by atoms with Crippen molar-refractivity contribution < 1.29 is 14.3 Å². The quantitative estimate of drug-likeness (QED) is 0.628. The zero-order valence-electron chi connectivity index (χ0n) is 11.9. The monoisotopic (exact) mass is 280 g/mol. The van der Waals surface area contributed by atoms with Crippen LogP contribution in [0.3, 0.4) is 0 Å². The summed E-state index contributed by atoms with van der Waals surface area (Å²) in [5.41, 5.74) is 7.07. The molecule has 1 aromatic heterocycles. The van der Waals surface area contributed by atoms with Crippen molar-refractivity contribution in [2.24, 2.45) is 0 Å². The molecule has 1 aromatic rings. The standard InChI is InChI=1S/C13H20N4O3/c1-8-6-11(14)10(7-16-8)13(19)17-9(2)12(18)15-4-5-20-3/h6-7,9H,4-5H2,1-3H3,(H2,14,16)(H,15,18)(H,17,19). The number of nitrogens with one attached hydrogen (secondary N) is 2. The second kappa shape index (κ2) is 7.44. The number of nitrogens with two attached hydrogens (primary N) is 1. The number of nitrogen functional groups attached to an aromatic ring is 1. The number of nitrogens with zero attached hydrogens (tertiary/aromatic N) is 1. The Labute approximate surface area is 117 Å². The van der Waals surface area contributed by atoms with Crippen molar-refractivity contribution in [3.05, 3.63) is 23.5 Å². The highest BCUT2D eigenvalue weighted by molar-refractivity contribution is 6.01. The number of aryl methyl sites for hydroxylation is 1. The number of anilines is 1. The maximum atomic E-state index is 12.0. The van der Waals surface area contributed by atoms with Gasteiger partial charge in [0.2, 0.25) is 5.91 Å². The van der Waals surface area contributed by atoms with E-state index in [-0.39, 0.29) is 11.5 Å². The summed E-state index contributed by atoms with van der Waals surface area (Å²) in [6.07, 6.45) is 1.40. The fourth-order valence-electron chi connectivity index (χ4n) is 1.54. The van der Waals surface area contributed by atoms with E-state index in [1.165, 1.54) is 6.20 Å². The Morgan fingerprint density at radius 3 is 2.80 bits per heavy atom. The molecule has 0 saturated carbocycles. The first kappa shape index (κ1) is 15.9. The molecule has 2 amide bonds. The van der Waals surface area contributed by atoms with E-state index >= 15 is 0 Å². The minimum atomic E-state index is -0.667. The fourth-order valence-corrected chi connectivity index (χ4v) is 1.54. The maximum Gasteiger partial charge on any atom is 0.255 e. The van der Waals surface area contributed by atoms with E-state index in [0.717, 1.165) is 5.69 Å². The lowest BCUT2D eigenvalue weighted by molar-refractivity contribution is -0.122. The van der Waals surface area contributed by atoms with Crippen molar-refractivity contribution in [2.75, 3.05) is 26.0 Å². The summed E-state index contributed by atoms with van der Waals surface area (Å²) in [5.74, 6) is -0.710. The van der Waals surface area contributed by atoms with Crippen LogP contribution in [0.2, 0.25) is 0 Å². The molecule has 0 spiro atoms. The number of ether oxygens (including phenoxy) is 1. The van der Waals surface area contributed by atoms with Crippen LogP contribution in [0.1, 0.15) is 23.0 Å². The van der Waals surface area contributed by atoms with Crippen molar-refractivity contribution in [2.45, 2.75) is 19.9 Å². The van der Waals surface area contributed by atoms with Gasteiger partial charge in [-0.3, -0.25) is 14.6 Å². The molecule has 0 aliphatic rings. The second-order valence-corrected chi connectivity index (χ2v) is 4.39. The van der Waals surface area contributed by atoms with Crippen molar-refractivity contribution >= 4 is 17.5 Å². The number of hydrogen-bond donors (Lipinski definition) is 3. The Kier molecular flexibility index (Phi) is 5.92. The summed E-state index contributed by atoms with van der Waals surface area (Å²) in [6, 6.07) is 0.943. The molecule has 0 aromatic carbocycles. The molecule has 1 unspecified atom stereocenters. The molecule has 0 saturated heterocycles. The number of rotatable bonds is 6. The molecule has 4 N–H and O–H groups in total. The van der Waals surface area contributed by atoms with Gasteiger partial charge in [0, 0.05) is 31.2 Å². The average Bonchev–Trinajstić information content (AvgIpc) is 2.38. The van der Waals surface area contributed by atoms with E-state index in [1.807, 2.05) is 0 Å². The first-order valence-electron chi connectivity index (χ1n) is 6.25. The molecular weight excluding hydrogens is 260 g/mol. The minimum Gasteiger partial charge on any atom is -0.398 e. The molecule has 0 aliphatic carbocycles. The topological polar surface area (TPSA) is 106 Å². The van der Waals surface area contributed by atoms with E-state index in [9.17, 15) is 9.59 Å². The molecule has 7 nitrogen and oxygen atoms in total. The van der Waals surface area contributed by atoms with Crippen molar-refractivity contribution in [1.29, 1.82) is 0 Å². The molecule has 7 heteroatoms. The van der Waals surface area contributed by atoms with Crippen LogP contribution in [-0.2, 0) is 9.53 Å². The summed E-state index contributed by atoms with van der Waals surface area (Å²) < 4.78 is 4.82. The van der Waals surface area contributed by atoms with Gasteiger partial charge in [0.1, 0.15) is 6.04 Å². The number of carbonyl (C=O) groups is 2. The Morgan fingerprint density at radius 2 is 2.20 bits per heavy atom. The summed E-state index contributed by atoms with van der Waals surface area (Å²) in [6.45, 7) is 4.19. The number of amides is 2. The zero-order valence-corrected chi connectivity index (χ0v) is 11.9. The Morgan fingerprint density at radius 1 is 1.50 bits per heavy atom. The molecular formula is C13H20N4O3. The largest absolute Gasteiger partial charge is 0.398 e. The highest BCUT2D eigenvalue weighted by atomic mass is 16.5. The van der Waals surface area contributed by atoms with Crippen LogP contribution < -0.4 is 16.4 Å². The Bertz CT molecular complexity index is 491. The lowest BCUT2D eigenvalue weighted by Crippen LogP contribution is -2.45. The molecule has 0 fully saturated rings. The SMILES string of the molecule is COCCNC(=O)C(C)NC(=O)c1cnc(C)cc1N. The van der Waals surface area contributed by atoms with Crippen LogP contribution >= 0.6 is 0 Å². The molecule has 0 bridgehead atoms. The Hall–Kier alpha value is -2.15. The first-order chi connectivity index (χ1) is 9.45. The van der Waals surface area contributed by atoms with E-state index < -0.39 is 11.9 Å². The van der Waals surface area contributed by atoms with E-state index in [0.29, 0.717) is 18.8 Å². The summed E-state index contributed by atoms with van der Waals surface area (Å²) >= 11 is 0. The minimum absolute atomic E-state index is 0.257. The zero-order chi connectivity index (χ0) is 15.1. The predicted molar refractivity (Wildman–Crippen MR) is 75.2 cm³/mol. The number of pyridine rings is 1. The van der Waals surface area contributed by atoms with Crippen molar-refractivity contribution in [3.8, 4) is 0 Å². The highest BCUT2D eigenvalue weighted by Gasteiger charge is 2.18. The van der Waals surface area contributed by atoms with E-state index in [1.54, 1.807) is 27.0 Å². The van der Waals surface area contributed by atoms with Gasteiger partial charge in [0.25, 0.3) is 5.91 Å². The summed E-state index contributed by atoms with van der Waals surface area (Å²) in [5, 5.41) is 5.21. The Balaban J connectivity index is 2.58. The molecule has 1 heterocycles. The van der Waals surface area contributed by atoms with Gasteiger partial charge in [-0.2, -0.15) is 0 Å². The summed E-state index contributed by atoms with van der Waals surface area (Å²) in [4.78, 5) is 27.7. The van der Waals surface area contributed by atoms with Crippen LogP contribution in [0, 0.1) is 6.92 Å². The predicted octanol–water partition coefficient (Wildman–Crippen LogP) is -0.147. The molecule has 110 valence electrons. The van der Waals surface area contributed by atoms with Gasteiger partial charge in [-0.05, 0) is 19.9 Å². The molecule has 20 heavy (non-hydrogen) atoms. The van der Waals surface area contributed by atoms with Gasteiger partial charge in [-0.15, -0.1) is 0 Å². The maximum absolute atomic E-state index is 12.0. The smallest absolute Gasteiger partial charge is 0.255 e. The van der Waals surface area contributed by atoms with Crippen molar-refractivity contribution in [1.82, 2.24) is 15.6 Å². The van der Waals surface area contributed by atoms with Gasteiger partial charge in [-0.25, -0.2) is 0 Å². The third-order valence-corrected chi connectivity index (χ3v) is 2.66. The lowest BCUT2D eigenvalue weighted by atomic mass is 10.2. The molecule has 0 radical (unpaired) electrons. The fraction of sp³-hybridized carbons (Fsp3) is 0.462. The third kappa shape index (κ3) is 4.51. The van der Waals surface area contributed by atoms with Gasteiger partial charge < -0.3 is 21.1 Å². The normalized spacial score (nSPS) is 11.8. The van der Waals surface area contributed by atoms with Gasteiger partial charge in [0.15, 0.2) is 0 Å². The number of methoxy groups -OCH3 is 1. The number of carbonyl (C=O) groups excluding carboxylic acids is 2.